The van der Waals surface area contributed by atoms with E-state index in [0.29, 0.717) is 0 Å². The summed E-state index contributed by atoms with van der Waals surface area (Å²) in [4.78, 5) is 21.2. The van der Waals surface area contributed by atoms with Gasteiger partial charge in [0.25, 0.3) is 0 Å². The van der Waals surface area contributed by atoms with E-state index >= 15 is 0 Å². The van der Waals surface area contributed by atoms with Crippen molar-refractivity contribution in [2.24, 2.45) is 0 Å². The molecule has 2 aliphatic rings. The monoisotopic (exact) mass is 256 g/mol. The van der Waals surface area contributed by atoms with Gasteiger partial charge in [0.1, 0.15) is 11.3 Å². The molecule has 0 saturated heterocycles. The highest BCUT2D eigenvalue weighted by Crippen LogP contribution is 2.32. The molecular weight excluding hydrogens is 244 g/mol. The summed E-state index contributed by atoms with van der Waals surface area (Å²) in [6.45, 7) is 1.22. The molecule has 0 unspecified atom stereocenters. The standard InChI is InChI=1S/C9H8O4.C6H4/c1-6(10)13-8-5-3-2-4-7(8)9(11)12;1-2-5-4-6(5)3-1/h2-5H,1H3,(H,11,12);1-4H. The van der Waals surface area contributed by atoms with E-state index in [2.05, 4.69) is 29.0 Å². The van der Waals surface area contributed by atoms with Crippen LogP contribution in [0.25, 0.3) is 11.1 Å². The van der Waals surface area contributed by atoms with E-state index in [4.69, 9.17) is 5.11 Å². The van der Waals surface area contributed by atoms with Crippen molar-refractivity contribution < 1.29 is 19.4 Å². The van der Waals surface area contributed by atoms with Gasteiger partial charge in [-0.15, -0.1) is 0 Å². The molecule has 0 spiro atoms. The Morgan fingerprint density at radius 1 is 1.00 bits per heavy atom. The van der Waals surface area contributed by atoms with E-state index < -0.39 is 11.9 Å². The maximum Gasteiger partial charge on any atom is 0.339 e. The van der Waals surface area contributed by atoms with Crippen molar-refractivity contribution in [3.05, 3.63) is 54.1 Å². The van der Waals surface area contributed by atoms with Gasteiger partial charge in [0.05, 0.1) is 0 Å². The predicted molar refractivity (Wildman–Crippen MR) is 70.1 cm³/mol. The van der Waals surface area contributed by atoms with Crippen molar-refractivity contribution in [1.29, 1.82) is 0 Å². The number of hydrogen-bond donors (Lipinski definition) is 1. The zero-order valence-corrected chi connectivity index (χ0v) is 10.3. The van der Waals surface area contributed by atoms with Gasteiger partial charge >= 0.3 is 11.9 Å². The number of para-hydroxylation sites is 1. The molecule has 4 heteroatoms. The van der Waals surface area contributed by atoms with Crippen molar-refractivity contribution in [1.82, 2.24) is 0 Å². The number of hydrogen-bond acceptors (Lipinski definition) is 3. The van der Waals surface area contributed by atoms with Crippen LogP contribution >= 0.6 is 0 Å². The van der Waals surface area contributed by atoms with Gasteiger partial charge in [-0.3, -0.25) is 4.79 Å². The number of ether oxygens (including phenoxy) is 1. The summed E-state index contributed by atoms with van der Waals surface area (Å²) in [6, 6.07) is 14.5. The summed E-state index contributed by atoms with van der Waals surface area (Å²) in [5.41, 5.74) is 2.84. The lowest BCUT2D eigenvalue weighted by molar-refractivity contribution is -0.131. The number of carbonyl (C=O) groups is 2. The number of rotatable bonds is 2. The quantitative estimate of drug-likeness (QED) is 0.565. The van der Waals surface area contributed by atoms with Crippen LogP contribution in [0.2, 0.25) is 0 Å². The van der Waals surface area contributed by atoms with Crippen molar-refractivity contribution in [2.45, 2.75) is 6.92 Å². The van der Waals surface area contributed by atoms with E-state index in [0.717, 1.165) is 0 Å². The third-order valence-corrected chi connectivity index (χ3v) is 2.48. The SMILES string of the molecule is CC(=O)Oc1ccccc1C(=O)O.c1cc2cc-2c1. The van der Waals surface area contributed by atoms with Crippen molar-refractivity contribution in [3.63, 3.8) is 0 Å². The molecule has 0 atom stereocenters. The van der Waals surface area contributed by atoms with Gasteiger partial charge in [0.15, 0.2) is 0 Å². The van der Waals surface area contributed by atoms with Gasteiger partial charge < -0.3 is 9.84 Å². The lowest BCUT2D eigenvalue weighted by atomic mass is 10.2. The molecule has 2 aliphatic carbocycles. The van der Waals surface area contributed by atoms with Crippen LogP contribution in [0.15, 0.2) is 48.5 Å². The van der Waals surface area contributed by atoms with E-state index in [-0.39, 0.29) is 11.3 Å². The average molecular weight is 256 g/mol. The van der Waals surface area contributed by atoms with Crippen LogP contribution in [0.5, 0.6) is 5.75 Å². The molecule has 1 aromatic carbocycles. The van der Waals surface area contributed by atoms with Crippen LogP contribution in [0, 0.1) is 0 Å². The van der Waals surface area contributed by atoms with Gasteiger partial charge in [-0.25, -0.2) is 4.79 Å². The summed E-state index contributed by atoms with van der Waals surface area (Å²) >= 11 is 0. The van der Waals surface area contributed by atoms with Crippen LogP contribution in [0.3, 0.4) is 0 Å². The zero-order chi connectivity index (χ0) is 13.8. The Morgan fingerprint density at radius 3 is 2.05 bits per heavy atom. The van der Waals surface area contributed by atoms with Gasteiger partial charge in [0.2, 0.25) is 0 Å². The summed E-state index contributed by atoms with van der Waals surface area (Å²) < 4.78 is 4.69. The number of benzene rings is 2. The largest absolute Gasteiger partial charge is 0.478 e. The molecule has 0 bridgehead atoms. The average Bonchev–Trinajstić information content (AvgIpc) is 2.96. The summed E-state index contributed by atoms with van der Waals surface area (Å²) in [5.74, 6) is -1.58. The first-order valence-electron chi connectivity index (χ1n) is 5.69. The van der Waals surface area contributed by atoms with E-state index in [1.165, 1.54) is 30.2 Å². The Kier molecular flexibility index (Phi) is 3.61. The molecule has 19 heavy (non-hydrogen) atoms. The molecule has 0 radical (unpaired) electrons. The maximum atomic E-state index is 10.6. The fourth-order valence-corrected chi connectivity index (χ4v) is 1.56. The minimum atomic E-state index is -1.11. The first-order valence-corrected chi connectivity index (χ1v) is 5.69. The highest BCUT2D eigenvalue weighted by Gasteiger charge is 2.11. The van der Waals surface area contributed by atoms with Crippen LogP contribution in [0.4, 0.5) is 0 Å². The van der Waals surface area contributed by atoms with Gasteiger partial charge in [-0.05, 0) is 29.3 Å². The van der Waals surface area contributed by atoms with Crippen LogP contribution in [-0.4, -0.2) is 17.0 Å². The first kappa shape index (κ1) is 12.8. The zero-order valence-electron chi connectivity index (χ0n) is 10.3. The van der Waals surface area contributed by atoms with Crippen molar-refractivity contribution in [3.8, 4) is 16.9 Å². The topological polar surface area (TPSA) is 63.6 Å². The lowest BCUT2D eigenvalue weighted by Crippen LogP contribution is -2.06. The molecule has 0 saturated carbocycles. The summed E-state index contributed by atoms with van der Waals surface area (Å²) in [7, 11) is 0. The summed E-state index contributed by atoms with van der Waals surface area (Å²) in [6.07, 6.45) is 0. The molecule has 0 fully saturated rings. The highest BCUT2D eigenvalue weighted by molar-refractivity contribution is 5.91. The van der Waals surface area contributed by atoms with Crippen LogP contribution < -0.4 is 4.74 Å². The molecule has 96 valence electrons. The van der Waals surface area contributed by atoms with E-state index in [1.807, 2.05) is 0 Å². The molecule has 3 rings (SSSR count). The fraction of sp³-hybridized carbons (Fsp3) is 0.0667. The lowest BCUT2D eigenvalue weighted by Gasteiger charge is -2.03. The Morgan fingerprint density at radius 2 is 1.63 bits per heavy atom. The third-order valence-electron chi connectivity index (χ3n) is 2.48. The normalized spacial score (nSPS) is 9.95. The number of fused-ring (bicyclic) bond motifs is 1. The number of esters is 1. The first-order chi connectivity index (χ1) is 9.08. The molecule has 0 aromatic heterocycles. The Balaban J connectivity index is 0.000000180. The minimum Gasteiger partial charge on any atom is -0.478 e. The number of carbonyl (C=O) groups excluding carboxylic acids is 1. The fourth-order valence-electron chi connectivity index (χ4n) is 1.56. The molecule has 4 nitrogen and oxygen atoms in total. The van der Waals surface area contributed by atoms with Crippen LogP contribution in [0.1, 0.15) is 17.3 Å². The molecule has 1 aromatic rings. The summed E-state index contributed by atoms with van der Waals surface area (Å²) in [5, 5.41) is 8.69. The number of carboxylic acid groups (broad SMARTS) is 1. The molecular formula is C15H12O4. The van der Waals surface area contributed by atoms with Gasteiger partial charge in [0, 0.05) is 6.92 Å². The molecule has 0 amide bonds. The highest BCUT2D eigenvalue weighted by atomic mass is 16.5. The minimum absolute atomic E-state index is 0.0160. The van der Waals surface area contributed by atoms with Crippen molar-refractivity contribution >= 4 is 11.9 Å². The Hall–Kier alpha value is -2.62. The number of aromatic carboxylic acids is 1. The predicted octanol–water partition coefficient (Wildman–Crippen LogP) is 2.98. The molecule has 0 heterocycles. The van der Waals surface area contributed by atoms with E-state index in [1.54, 1.807) is 12.1 Å². The smallest absolute Gasteiger partial charge is 0.339 e. The van der Waals surface area contributed by atoms with Gasteiger partial charge in [-0.1, -0.05) is 30.3 Å². The number of carboxylic acids is 1. The van der Waals surface area contributed by atoms with E-state index in [9.17, 15) is 9.59 Å². The Bertz CT molecular complexity index is 614. The second kappa shape index (κ2) is 5.35. The maximum absolute atomic E-state index is 10.6. The molecule has 0 aliphatic heterocycles. The second-order valence-electron chi connectivity index (χ2n) is 3.98. The second-order valence-corrected chi connectivity index (χ2v) is 3.98. The van der Waals surface area contributed by atoms with Crippen molar-refractivity contribution in [2.75, 3.05) is 0 Å². The Labute approximate surface area is 110 Å². The van der Waals surface area contributed by atoms with Crippen LogP contribution in [-0.2, 0) is 4.79 Å². The molecule has 1 N–H and O–H groups in total. The van der Waals surface area contributed by atoms with Gasteiger partial charge in [-0.2, -0.15) is 0 Å². The third kappa shape index (κ3) is 3.42.